The number of ether oxygens (including phenoxy) is 1. The number of methoxy groups -OCH3 is 1. The molecule has 3 aromatic rings. The monoisotopic (exact) mass is 452 g/mol. The Kier molecular flexibility index (Phi) is 7.27. The number of sulfone groups is 1. The molecular formula is C24H24N2O5S. The van der Waals surface area contributed by atoms with Gasteiger partial charge in [0.2, 0.25) is 5.91 Å². The van der Waals surface area contributed by atoms with Crippen LogP contribution in [0.15, 0.2) is 77.7 Å². The largest absolute Gasteiger partial charge is 0.497 e. The molecule has 0 unspecified atom stereocenters. The molecule has 0 fully saturated rings. The third-order valence-corrected chi connectivity index (χ3v) is 6.49. The van der Waals surface area contributed by atoms with Crippen molar-refractivity contribution in [1.82, 2.24) is 0 Å². The van der Waals surface area contributed by atoms with E-state index in [9.17, 15) is 18.0 Å². The van der Waals surface area contributed by atoms with E-state index >= 15 is 0 Å². The van der Waals surface area contributed by atoms with E-state index in [1.54, 1.807) is 67.8 Å². The quantitative estimate of drug-likeness (QED) is 0.537. The van der Waals surface area contributed by atoms with Crippen molar-refractivity contribution in [2.24, 2.45) is 0 Å². The van der Waals surface area contributed by atoms with Crippen molar-refractivity contribution in [3.63, 3.8) is 0 Å². The summed E-state index contributed by atoms with van der Waals surface area (Å²) in [5.74, 6) is -0.312. The second-order valence-corrected chi connectivity index (χ2v) is 9.30. The fourth-order valence-electron chi connectivity index (χ4n) is 2.90. The van der Waals surface area contributed by atoms with Gasteiger partial charge in [0.15, 0.2) is 9.84 Å². The van der Waals surface area contributed by atoms with E-state index in [0.717, 1.165) is 5.56 Å². The van der Waals surface area contributed by atoms with E-state index < -0.39 is 15.7 Å². The molecule has 0 heterocycles. The molecule has 0 radical (unpaired) electrons. The van der Waals surface area contributed by atoms with E-state index in [-0.39, 0.29) is 23.0 Å². The van der Waals surface area contributed by atoms with Crippen LogP contribution in [-0.2, 0) is 14.6 Å². The topological polar surface area (TPSA) is 102 Å². The third kappa shape index (κ3) is 6.18. The Morgan fingerprint density at radius 1 is 0.812 bits per heavy atom. The average molecular weight is 453 g/mol. The van der Waals surface area contributed by atoms with E-state index in [1.807, 2.05) is 6.92 Å². The lowest BCUT2D eigenvalue weighted by Gasteiger charge is -2.09. The number of benzene rings is 3. The molecule has 0 aliphatic rings. The minimum Gasteiger partial charge on any atom is -0.497 e. The Morgan fingerprint density at radius 3 is 1.97 bits per heavy atom. The molecule has 0 aliphatic carbocycles. The summed E-state index contributed by atoms with van der Waals surface area (Å²) in [5, 5.41) is 5.43. The van der Waals surface area contributed by atoms with Crippen LogP contribution in [0.25, 0.3) is 0 Å². The van der Waals surface area contributed by atoms with Gasteiger partial charge < -0.3 is 15.4 Å². The fourth-order valence-corrected chi connectivity index (χ4v) is 4.14. The molecule has 0 saturated heterocycles. The number of aryl methyl sites for hydroxylation is 1. The SMILES string of the molecule is COc1ccc(NC(=O)c2ccc(NC(=O)CCS(=O)(=O)c3ccc(C)cc3)cc2)cc1. The molecule has 0 aliphatic heterocycles. The van der Waals surface area contributed by atoms with Gasteiger partial charge in [0.25, 0.3) is 5.91 Å². The highest BCUT2D eigenvalue weighted by atomic mass is 32.2. The first-order valence-corrected chi connectivity index (χ1v) is 11.6. The third-order valence-electron chi connectivity index (χ3n) is 4.76. The number of carbonyl (C=O) groups is 2. The number of hydrogen-bond donors (Lipinski definition) is 2. The van der Waals surface area contributed by atoms with Crippen molar-refractivity contribution in [1.29, 1.82) is 0 Å². The summed E-state index contributed by atoms with van der Waals surface area (Å²) < 4.78 is 29.8. The van der Waals surface area contributed by atoms with Crippen LogP contribution in [0, 0.1) is 6.92 Å². The van der Waals surface area contributed by atoms with Gasteiger partial charge in [-0.1, -0.05) is 17.7 Å². The zero-order valence-electron chi connectivity index (χ0n) is 17.8. The molecule has 3 aromatic carbocycles. The summed E-state index contributed by atoms with van der Waals surface area (Å²) in [5.41, 5.74) is 2.48. The van der Waals surface area contributed by atoms with Gasteiger partial charge in [-0.25, -0.2) is 8.42 Å². The lowest BCUT2D eigenvalue weighted by molar-refractivity contribution is -0.115. The molecule has 166 valence electrons. The number of amides is 2. The highest BCUT2D eigenvalue weighted by Gasteiger charge is 2.16. The summed E-state index contributed by atoms with van der Waals surface area (Å²) in [7, 11) is -1.97. The van der Waals surface area contributed by atoms with Crippen molar-refractivity contribution < 1.29 is 22.7 Å². The van der Waals surface area contributed by atoms with Crippen molar-refractivity contribution in [2.45, 2.75) is 18.2 Å². The van der Waals surface area contributed by atoms with Crippen LogP contribution in [0.5, 0.6) is 5.75 Å². The zero-order chi connectivity index (χ0) is 23.1. The van der Waals surface area contributed by atoms with Crippen LogP contribution in [0.1, 0.15) is 22.3 Å². The summed E-state index contributed by atoms with van der Waals surface area (Å²) in [6.07, 6.45) is -0.171. The fraction of sp³-hybridized carbons (Fsp3) is 0.167. The van der Waals surface area contributed by atoms with E-state index in [1.165, 1.54) is 12.1 Å². The molecule has 0 saturated carbocycles. The van der Waals surface area contributed by atoms with Crippen LogP contribution < -0.4 is 15.4 Å². The van der Waals surface area contributed by atoms with Crippen LogP contribution in [0.3, 0.4) is 0 Å². The summed E-state index contributed by atoms with van der Waals surface area (Å²) in [4.78, 5) is 24.8. The first kappa shape index (κ1) is 23.0. The number of rotatable bonds is 8. The Balaban J connectivity index is 1.53. The number of anilines is 2. The maximum absolute atomic E-state index is 12.4. The second-order valence-electron chi connectivity index (χ2n) is 7.19. The van der Waals surface area contributed by atoms with Gasteiger partial charge in [-0.15, -0.1) is 0 Å². The zero-order valence-corrected chi connectivity index (χ0v) is 18.6. The standard InChI is InChI=1S/C24H24N2O5S/c1-17-3-13-22(14-4-17)32(29,30)16-15-23(27)25-19-7-5-18(6-8-19)24(28)26-20-9-11-21(31-2)12-10-20/h3-14H,15-16H2,1-2H3,(H,25,27)(H,26,28). The molecule has 3 rings (SSSR count). The van der Waals surface area contributed by atoms with E-state index in [2.05, 4.69) is 10.6 Å². The highest BCUT2D eigenvalue weighted by molar-refractivity contribution is 7.91. The van der Waals surface area contributed by atoms with Crippen LogP contribution in [-0.4, -0.2) is 33.1 Å². The number of nitrogens with one attached hydrogen (secondary N) is 2. The van der Waals surface area contributed by atoms with Gasteiger partial charge in [0.1, 0.15) is 5.75 Å². The van der Waals surface area contributed by atoms with E-state index in [0.29, 0.717) is 22.7 Å². The van der Waals surface area contributed by atoms with Crippen molar-refractivity contribution >= 4 is 33.0 Å². The first-order chi connectivity index (χ1) is 15.3. The predicted octanol–water partition coefficient (Wildman–Crippen LogP) is 4.06. The summed E-state index contributed by atoms with van der Waals surface area (Å²) in [6.45, 7) is 1.87. The van der Waals surface area contributed by atoms with Crippen LogP contribution in [0.2, 0.25) is 0 Å². The second kappa shape index (κ2) is 10.1. The molecule has 2 amide bonds. The molecule has 0 bridgehead atoms. The van der Waals surface area contributed by atoms with Crippen molar-refractivity contribution in [3.05, 3.63) is 83.9 Å². The first-order valence-electron chi connectivity index (χ1n) is 9.91. The Hall–Kier alpha value is -3.65. The van der Waals surface area contributed by atoms with Crippen molar-refractivity contribution in [3.8, 4) is 5.75 Å². The van der Waals surface area contributed by atoms with Crippen molar-refractivity contribution in [2.75, 3.05) is 23.5 Å². The lowest BCUT2D eigenvalue weighted by Crippen LogP contribution is -2.17. The van der Waals surface area contributed by atoms with Gasteiger partial charge in [-0.3, -0.25) is 9.59 Å². The Morgan fingerprint density at radius 2 is 1.38 bits per heavy atom. The van der Waals surface area contributed by atoms with Crippen LogP contribution in [0.4, 0.5) is 11.4 Å². The number of carbonyl (C=O) groups excluding carboxylic acids is 2. The minimum atomic E-state index is -3.54. The van der Waals surface area contributed by atoms with Gasteiger partial charge in [-0.2, -0.15) is 0 Å². The van der Waals surface area contributed by atoms with E-state index in [4.69, 9.17) is 4.74 Å². The molecule has 2 N–H and O–H groups in total. The minimum absolute atomic E-state index is 0.171. The lowest BCUT2D eigenvalue weighted by atomic mass is 10.2. The van der Waals surface area contributed by atoms with Gasteiger partial charge in [0.05, 0.1) is 17.8 Å². The smallest absolute Gasteiger partial charge is 0.255 e. The molecule has 32 heavy (non-hydrogen) atoms. The average Bonchev–Trinajstić information content (AvgIpc) is 2.79. The molecule has 8 heteroatoms. The predicted molar refractivity (Wildman–Crippen MR) is 124 cm³/mol. The Labute approximate surface area is 187 Å². The maximum atomic E-state index is 12.4. The maximum Gasteiger partial charge on any atom is 0.255 e. The van der Waals surface area contributed by atoms with Gasteiger partial charge >= 0.3 is 0 Å². The summed E-state index contributed by atoms with van der Waals surface area (Å²) >= 11 is 0. The molecule has 0 atom stereocenters. The molecule has 0 aromatic heterocycles. The molecule has 0 spiro atoms. The Bertz CT molecular complexity index is 1190. The van der Waals surface area contributed by atoms with Gasteiger partial charge in [0, 0.05) is 23.4 Å². The molecular weight excluding hydrogens is 428 g/mol. The summed E-state index contributed by atoms with van der Waals surface area (Å²) in [6, 6.07) is 19.8. The molecule has 7 nitrogen and oxygen atoms in total. The highest BCUT2D eigenvalue weighted by Crippen LogP contribution is 2.17. The normalized spacial score (nSPS) is 10.9. The number of hydrogen-bond acceptors (Lipinski definition) is 5. The van der Waals surface area contributed by atoms with Gasteiger partial charge in [-0.05, 0) is 67.6 Å². The van der Waals surface area contributed by atoms with Crippen LogP contribution >= 0.6 is 0 Å².